The number of amides is 1. The summed E-state index contributed by atoms with van der Waals surface area (Å²) in [5, 5.41) is 16.0. The minimum Gasteiger partial charge on any atom is -0.320 e. The van der Waals surface area contributed by atoms with E-state index in [2.05, 4.69) is 25.6 Å². The molecular weight excluding hydrogens is 324 g/mol. The molecule has 0 aliphatic rings. The maximum atomic E-state index is 12.3. The molecule has 0 aliphatic heterocycles. The van der Waals surface area contributed by atoms with Crippen molar-refractivity contribution in [1.29, 1.82) is 0 Å². The van der Waals surface area contributed by atoms with E-state index in [0.29, 0.717) is 27.3 Å². The van der Waals surface area contributed by atoms with Crippen molar-refractivity contribution in [1.82, 2.24) is 24.8 Å². The van der Waals surface area contributed by atoms with Crippen molar-refractivity contribution < 1.29 is 4.79 Å². The van der Waals surface area contributed by atoms with Gasteiger partial charge in [0.2, 0.25) is 5.16 Å². The molecule has 2 heterocycles. The highest BCUT2D eigenvalue weighted by molar-refractivity contribution is 7.98. The van der Waals surface area contributed by atoms with E-state index in [1.807, 2.05) is 6.26 Å². The molecule has 0 spiro atoms. The lowest BCUT2D eigenvalue weighted by atomic mass is 10.3. The van der Waals surface area contributed by atoms with Gasteiger partial charge in [-0.25, -0.2) is 0 Å². The van der Waals surface area contributed by atoms with Crippen LogP contribution in [0.15, 0.2) is 29.4 Å². The molecule has 3 aromatic rings. The maximum Gasteiger partial charge on any atom is 0.278 e. The topological polar surface area (TPSA) is 85.1 Å². The fourth-order valence-corrected chi connectivity index (χ4v) is 2.42. The summed E-state index contributed by atoms with van der Waals surface area (Å²) < 4.78 is 1.51. The van der Waals surface area contributed by atoms with Crippen LogP contribution in [0.3, 0.4) is 0 Å². The summed E-state index contributed by atoms with van der Waals surface area (Å²) in [7, 11) is 0. The molecule has 0 saturated carbocycles. The van der Waals surface area contributed by atoms with Crippen LogP contribution in [0, 0.1) is 6.92 Å². The standard InChI is InChI=1S/C13H11ClN6OS/c1-7-10(11(21)15-9-5-3-4-8(14)6-9)17-18-12-16-13(22-2)19-20(7)12/h3-6H,1-2H3,(H,15,21). The molecule has 0 bridgehead atoms. The Hall–Kier alpha value is -2.19. The lowest BCUT2D eigenvalue weighted by Gasteiger charge is -2.07. The molecular formula is C13H11ClN6OS. The molecule has 0 unspecified atom stereocenters. The van der Waals surface area contributed by atoms with E-state index in [0.717, 1.165) is 0 Å². The number of halogens is 1. The number of nitrogens with one attached hydrogen (secondary N) is 1. The molecule has 22 heavy (non-hydrogen) atoms. The first kappa shape index (κ1) is 14.7. The zero-order valence-electron chi connectivity index (χ0n) is 11.7. The van der Waals surface area contributed by atoms with Crippen LogP contribution in [0.2, 0.25) is 5.02 Å². The van der Waals surface area contributed by atoms with E-state index >= 15 is 0 Å². The second-order valence-electron chi connectivity index (χ2n) is 4.41. The van der Waals surface area contributed by atoms with Gasteiger partial charge in [0, 0.05) is 10.7 Å². The van der Waals surface area contributed by atoms with Gasteiger partial charge in [0.1, 0.15) is 0 Å². The van der Waals surface area contributed by atoms with Crippen LogP contribution in [0.1, 0.15) is 16.2 Å². The van der Waals surface area contributed by atoms with Gasteiger partial charge < -0.3 is 5.32 Å². The fraction of sp³-hybridized carbons (Fsp3) is 0.154. The molecule has 2 aromatic heterocycles. The van der Waals surface area contributed by atoms with Crippen molar-refractivity contribution in [2.24, 2.45) is 0 Å². The van der Waals surface area contributed by atoms with Crippen molar-refractivity contribution in [3.63, 3.8) is 0 Å². The highest BCUT2D eigenvalue weighted by Gasteiger charge is 2.17. The summed E-state index contributed by atoms with van der Waals surface area (Å²) in [5.41, 5.74) is 1.34. The summed E-state index contributed by atoms with van der Waals surface area (Å²) in [6, 6.07) is 6.88. The van der Waals surface area contributed by atoms with Gasteiger partial charge >= 0.3 is 0 Å². The third-order valence-electron chi connectivity index (χ3n) is 2.95. The second-order valence-corrected chi connectivity index (χ2v) is 5.62. The van der Waals surface area contributed by atoms with Gasteiger partial charge in [-0.1, -0.05) is 29.4 Å². The number of nitrogens with zero attached hydrogens (tertiary/aromatic N) is 5. The Labute approximate surface area is 135 Å². The Morgan fingerprint density at radius 3 is 2.91 bits per heavy atom. The number of hydrogen-bond donors (Lipinski definition) is 1. The number of thioether (sulfide) groups is 1. The number of aryl methyl sites for hydroxylation is 1. The Balaban J connectivity index is 1.95. The predicted octanol–water partition coefficient (Wildman–Crippen LogP) is 2.46. The zero-order chi connectivity index (χ0) is 15.7. The van der Waals surface area contributed by atoms with Gasteiger partial charge in [-0.2, -0.15) is 9.50 Å². The van der Waals surface area contributed by atoms with E-state index in [1.165, 1.54) is 16.3 Å². The van der Waals surface area contributed by atoms with Crippen LogP contribution in [-0.4, -0.2) is 37.0 Å². The van der Waals surface area contributed by atoms with E-state index in [-0.39, 0.29) is 11.6 Å². The average molecular weight is 335 g/mol. The van der Waals surface area contributed by atoms with Crippen molar-refractivity contribution in [2.45, 2.75) is 12.1 Å². The predicted molar refractivity (Wildman–Crippen MR) is 84.5 cm³/mol. The molecule has 0 atom stereocenters. The fourth-order valence-electron chi connectivity index (χ4n) is 1.90. The van der Waals surface area contributed by atoms with E-state index in [4.69, 9.17) is 11.6 Å². The molecule has 1 N–H and O–H groups in total. The highest BCUT2D eigenvalue weighted by atomic mass is 35.5. The Kier molecular flexibility index (Phi) is 3.95. The number of benzene rings is 1. The lowest BCUT2D eigenvalue weighted by Crippen LogP contribution is -2.18. The van der Waals surface area contributed by atoms with Gasteiger partial charge in [0.25, 0.3) is 11.7 Å². The summed E-state index contributed by atoms with van der Waals surface area (Å²) in [6.45, 7) is 1.74. The molecule has 1 aromatic carbocycles. The number of hydrogen-bond acceptors (Lipinski definition) is 6. The molecule has 0 radical (unpaired) electrons. The first-order valence-electron chi connectivity index (χ1n) is 6.29. The molecule has 3 rings (SSSR count). The SMILES string of the molecule is CSc1nc2nnc(C(=O)Nc3cccc(Cl)c3)c(C)n2n1. The summed E-state index contributed by atoms with van der Waals surface area (Å²) in [4.78, 5) is 16.5. The van der Waals surface area contributed by atoms with Crippen LogP contribution in [0.25, 0.3) is 5.78 Å². The minimum atomic E-state index is -0.379. The Morgan fingerprint density at radius 1 is 1.36 bits per heavy atom. The first-order chi connectivity index (χ1) is 10.6. The lowest BCUT2D eigenvalue weighted by molar-refractivity contribution is 0.102. The number of rotatable bonds is 3. The van der Waals surface area contributed by atoms with Crippen molar-refractivity contribution in [2.75, 3.05) is 11.6 Å². The maximum absolute atomic E-state index is 12.3. The Bertz CT molecular complexity index is 865. The molecule has 9 heteroatoms. The third-order valence-corrected chi connectivity index (χ3v) is 3.72. The van der Waals surface area contributed by atoms with Crippen LogP contribution >= 0.6 is 23.4 Å². The number of carbonyl (C=O) groups excluding carboxylic acids is 1. The van der Waals surface area contributed by atoms with Crippen molar-refractivity contribution >= 4 is 40.7 Å². The van der Waals surface area contributed by atoms with Gasteiger partial charge in [-0.05, 0) is 31.4 Å². The first-order valence-corrected chi connectivity index (χ1v) is 7.89. The molecule has 1 amide bonds. The largest absolute Gasteiger partial charge is 0.320 e. The second kappa shape index (κ2) is 5.90. The quantitative estimate of drug-likeness (QED) is 0.740. The van der Waals surface area contributed by atoms with Gasteiger partial charge in [-0.3, -0.25) is 4.79 Å². The van der Waals surface area contributed by atoms with Crippen molar-refractivity contribution in [3.05, 3.63) is 40.7 Å². The van der Waals surface area contributed by atoms with E-state index in [9.17, 15) is 4.79 Å². The van der Waals surface area contributed by atoms with E-state index in [1.54, 1.807) is 31.2 Å². The summed E-state index contributed by atoms with van der Waals surface area (Å²) >= 11 is 7.29. The van der Waals surface area contributed by atoms with Gasteiger partial charge in [0.05, 0.1) is 5.69 Å². The number of carbonyl (C=O) groups is 1. The zero-order valence-corrected chi connectivity index (χ0v) is 13.3. The molecule has 0 saturated heterocycles. The summed E-state index contributed by atoms with van der Waals surface area (Å²) in [6.07, 6.45) is 1.87. The number of anilines is 1. The molecule has 0 fully saturated rings. The van der Waals surface area contributed by atoms with Gasteiger partial charge in [-0.15, -0.1) is 15.3 Å². The van der Waals surface area contributed by atoms with Crippen LogP contribution in [-0.2, 0) is 0 Å². The van der Waals surface area contributed by atoms with Gasteiger partial charge in [0.15, 0.2) is 5.69 Å². The third kappa shape index (κ3) is 2.75. The number of fused-ring (bicyclic) bond motifs is 1. The highest BCUT2D eigenvalue weighted by Crippen LogP contribution is 2.17. The normalized spacial score (nSPS) is 10.9. The molecule has 7 nitrogen and oxygen atoms in total. The monoisotopic (exact) mass is 334 g/mol. The van der Waals surface area contributed by atoms with Crippen LogP contribution < -0.4 is 5.32 Å². The summed E-state index contributed by atoms with van der Waals surface area (Å²) in [5.74, 6) is -0.0171. The Morgan fingerprint density at radius 2 is 2.18 bits per heavy atom. The molecule has 112 valence electrons. The molecule has 0 aliphatic carbocycles. The van der Waals surface area contributed by atoms with Crippen LogP contribution in [0.5, 0.6) is 0 Å². The van der Waals surface area contributed by atoms with Crippen LogP contribution in [0.4, 0.5) is 5.69 Å². The van der Waals surface area contributed by atoms with Crippen molar-refractivity contribution in [3.8, 4) is 0 Å². The van der Waals surface area contributed by atoms with E-state index < -0.39 is 0 Å². The number of aromatic nitrogens is 5. The minimum absolute atomic E-state index is 0.185. The smallest absolute Gasteiger partial charge is 0.278 e. The average Bonchev–Trinajstić information content (AvgIpc) is 2.91.